The monoisotopic (exact) mass is 510 g/mol. The lowest BCUT2D eigenvalue weighted by molar-refractivity contribution is -0.134. The number of carbonyl (C=O) groups is 5. The van der Waals surface area contributed by atoms with Crippen molar-refractivity contribution in [2.45, 2.75) is 13.3 Å². The summed E-state index contributed by atoms with van der Waals surface area (Å²) in [6, 6.07) is 6.70. The molecule has 0 spiro atoms. The molecule has 0 saturated carbocycles. The number of fused-ring (bicyclic) bond motifs is 1. The number of carbonyl (C=O) groups excluding carboxylic acids is 5. The normalized spacial score (nSPS) is 13.3. The van der Waals surface area contributed by atoms with Gasteiger partial charge in [-0.3, -0.25) is 14.4 Å². The number of esters is 2. The standard InChI is InChI=1S/C24H22N4O9/c1-11(29)20(28-27-16-7-12(23(33)36-3)5-6-14(16)24(34)37-4)22(32)26-17-8-13-9-18(30)21(31)25-15(13)10-19(17)35-2/h5-8,10,29H,9H2,1-4H3,(H,25,31)(H,26,32). The molecule has 13 heteroatoms. The molecule has 192 valence electrons. The van der Waals surface area contributed by atoms with E-state index >= 15 is 0 Å². The van der Waals surface area contributed by atoms with Crippen molar-refractivity contribution in [3.8, 4) is 5.75 Å². The van der Waals surface area contributed by atoms with Crippen molar-refractivity contribution < 1.29 is 43.3 Å². The number of aliphatic hydroxyl groups is 1. The number of amides is 2. The Morgan fingerprint density at radius 3 is 2.35 bits per heavy atom. The minimum atomic E-state index is -0.906. The zero-order chi connectivity index (χ0) is 27.3. The number of methoxy groups -OCH3 is 3. The van der Waals surface area contributed by atoms with Gasteiger partial charge < -0.3 is 30.0 Å². The van der Waals surface area contributed by atoms with Gasteiger partial charge in [-0.25, -0.2) is 9.59 Å². The topological polar surface area (TPSA) is 182 Å². The van der Waals surface area contributed by atoms with Gasteiger partial charge in [-0.2, -0.15) is 0 Å². The fourth-order valence-corrected chi connectivity index (χ4v) is 3.31. The van der Waals surface area contributed by atoms with E-state index in [2.05, 4.69) is 25.6 Å². The largest absolute Gasteiger partial charge is 0.510 e. The van der Waals surface area contributed by atoms with Crippen molar-refractivity contribution in [2.75, 3.05) is 32.0 Å². The molecule has 0 aromatic heterocycles. The maximum absolute atomic E-state index is 13.0. The second kappa shape index (κ2) is 11.1. The maximum Gasteiger partial charge on any atom is 0.340 e. The molecule has 3 N–H and O–H groups in total. The number of rotatable bonds is 7. The van der Waals surface area contributed by atoms with Crippen LogP contribution in [-0.2, 0) is 30.3 Å². The highest BCUT2D eigenvalue weighted by atomic mass is 16.5. The van der Waals surface area contributed by atoms with E-state index in [1.165, 1.54) is 51.5 Å². The van der Waals surface area contributed by atoms with E-state index in [1.807, 2.05) is 0 Å². The van der Waals surface area contributed by atoms with Crippen LogP contribution in [0.15, 0.2) is 52.0 Å². The molecule has 0 radical (unpaired) electrons. The van der Waals surface area contributed by atoms with Crippen molar-refractivity contribution in [3.05, 3.63) is 58.5 Å². The number of aliphatic hydroxyl groups excluding tert-OH is 1. The second-order valence-electron chi connectivity index (χ2n) is 7.57. The lowest BCUT2D eigenvalue weighted by Gasteiger charge is -2.19. The first-order valence-electron chi connectivity index (χ1n) is 10.6. The quantitative estimate of drug-likeness (QED) is 0.166. The summed E-state index contributed by atoms with van der Waals surface area (Å²) in [6.07, 6.45) is -0.178. The Kier molecular flexibility index (Phi) is 7.97. The summed E-state index contributed by atoms with van der Waals surface area (Å²) >= 11 is 0. The molecule has 0 fully saturated rings. The molecule has 0 unspecified atom stereocenters. The second-order valence-corrected chi connectivity index (χ2v) is 7.57. The fourth-order valence-electron chi connectivity index (χ4n) is 3.31. The van der Waals surface area contributed by atoms with Gasteiger partial charge in [0.1, 0.15) is 17.2 Å². The summed E-state index contributed by atoms with van der Waals surface area (Å²) in [5.41, 5.74) is 0.278. The van der Waals surface area contributed by atoms with E-state index in [0.29, 0.717) is 11.3 Å². The minimum absolute atomic E-state index is 0.0558. The molecule has 13 nitrogen and oxygen atoms in total. The van der Waals surface area contributed by atoms with Crippen LogP contribution in [0.25, 0.3) is 0 Å². The molecule has 1 aliphatic heterocycles. The van der Waals surface area contributed by atoms with Crippen LogP contribution in [0.4, 0.5) is 17.1 Å². The van der Waals surface area contributed by atoms with E-state index < -0.39 is 41.0 Å². The molecule has 2 amide bonds. The summed E-state index contributed by atoms with van der Waals surface area (Å²) in [5.74, 6) is -4.13. The highest BCUT2D eigenvalue weighted by Crippen LogP contribution is 2.34. The smallest absolute Gasteiger partial charge is 0.340 e. The van der Waals surface area contributed by atoms with Crippen LogP contribution in [-0.4, -0.2) is 56.0 Å². The molecular formula is C24H22N4O9. The highest BCUT2D eigenvalue weighted by molar-refractivity contribution is 6.42. The summed E-state index contributed by atoms with van der Waals surface area (Å²) in [6.45, 7) is 1.19. The van der Waals surface area contributed by atoms with Crippen LogP contribution in [0.5, 0.6) is 5.75 Å². The molecule has 2 aromatic rings. The van der Waals surface area contributed by atoms with Crippen LogP contribution in [0.2, 0.25) is 0 Å². The highest BCUT2D eigenvalue weighted by Gasteiger charge is 2.26. The molecule has 37 heavy (non-hydrogen) atoms. The zero-order valence-electron chi connectivity index (χ0n) is 20.2. The fraction of sp³-hybridized carbons (Fsp3) is 0.208. The Morgan fingerprint density at radius 1 is 1.03 bits per heavy atom. The number of ether oxygens (including phenoxy) is 3. The average molecular weight is 510 g/mol. The number of azo groups is 1. The van der Waals surface area contributed by atoms with E-state index in [1.54, 1.807) is 0 Å². The molecule has 3 rings (SSSR count). The van der Waals surface area contributed by atoms with Gasteiger partial charge in [-0.1, -0.05) is 0 Å². The first kappa shape index (κ1) is 26.5. The number of hydrogen-bond acceptors (Lipinski definition) is 11. The Labute approximate surface area is 210 Å². The van der Waals surface area contributed by atoms with Crippen LogP contribution < -0.4 is 15.4 Å². The maximum atomic E-state index is 13.0. The molecule has 1 aliphatic rings. The number of allylic oxidation sites excluding steroid dienone is 1. The van der Waals surface area contributed by atoms with Gasteiger partial charge in [-0.15, -0.1) is 10.2 Å². The third-order valence-electron chi connectivity index (χ3n) is 5.17. The van der Waals surface area contributed by atoms with Gasteiger partial charge in [0.25, 0.3) is 11.8 Å². The lowest BCUT2D eigenvalue weighted by Crippen LogP contribution is -2.30. The van der Waals surface area contributed by atoms with E-state index in [-0.39, 0.29) is 34.7 Å². The van der Waals surface area contributed by atoms with E-state index in [0.717, 1.165) is 7.11 Å². The number of Topliss-reactive ketones (excluding diaryl/α,β-unsaturated/α-hetero) is 1. The Balaban J connectivity index is 1.95. The molecule has 2 aromatic carbocycles. The van der Waals surface area contributed by atoms with Crippen LogP contribution in [0.1, 0.15) is 33.2 Å². The van der Waals surface area contributed by atoms with Gasteiger partial charge in [0.15, 0.2) is 5.70 Å². The Hall–Kier alpha value is -5.07. The number of anilines is 2. The number of benzene rings is 2. The van der Waals surface area contributed by atoms with E-state index in [4.69, 9.17) is 9.47 Å². The molecule has 0 saturated heterocycles. The number of nitrogens with zero attached hydrogens (tertiary/aromatic N) is 2. The summed E-state index contributed by atoms with van der Waals surface area (Å²) < 4.78 is 14.6. The first-order chi connectivity index (χ1) is 17.6. The number of ketones is 1. The van der Waals surface area contributed by atoms with Gasteiger partial charge in [0.05, 0.1) is 38.1 Å². The number of nitrogens with one attached hydrogen (secondary N) is 2. The third kappa shape index (κ3) is 5.78. The van der Waals surface area contributed by atoms with Crippen molar-refractivity contribution in [3.63, 3.8) is 0 Å². The van der Waals surface area contributed by atoms with Crippen molar-refractivity contribution >= 4 is 46.6 Å². The Bertz CT molecular complexity index is 1370. The van der Waals surface area contributed by atoms with Gasteiger partial charge in [0, 0.05) is 18.2 Å². The van der Waals surface area contributed by atoms with Gasteiger partial charge >= 0.3 is 11.9 Å². The Morgan fingerprint density at radius 2 is 1.73 bits per heavy atom. The van der Waals surface area contributed by atoms with Crippen molar-refractivity contribution in [1.82, 2.24) is 0 Å². The lowest BCUT2D eigenvalue weighted by atomic mass is 10.0. The summed E-state index contributed by atoms with van der Waals surface area (Å²) in [5, 5.41) is 22.7. The predicted octanol–water partition coefficient (Wildman–Crippen LogP) is 2.84. The van der Waals surface area contributed by atoms with Gasteiger partial charge in [0.2, 0.25) is 5.78 Å². The van der Waals surface area contributed by atoms with Crippen molar-refractivity contribution in [2.24, 2.45) is 10.2 Å². The minimum Gasteiger partial charge on any atom is -0.510 e. The summed E-state index contributed by atoms with van der Waals surface area (Å²) in [4.78, 5) is 60.4. The van der Waals surface area contributed by atoms with Gasteiger partial charge in [-0.05, 0) is 36.8 Å². The first-order valence-corrected chi connectivity index (χ1v) is 10.6. The molecule has 1 heterocycles. The molecule has 0 bridgehead atoms. The molecule has 0 atom stereocenters. The van der Waals surface area contributed by atoms with Crippen LogP contribution >= 0.6 is 0 Å². The zero-order valence-corrected chi connectivity index (χ0v) is 20.2. The SMILES string of the molecule is COC(=O)c1ccc(C(=O)OC)c(N=NC(C(=O)Nc2cc3c(cc2OC)NC(=O)C(=O)C3)=C(C)O)c1. The summed E-state index contributed by atoms with van der Waals surface area (Å²) in [7, 11) is 3.67. The number of hydrogen-bond donors (Lipinski definition) is 3. The van der Waals surface area contributed by atoms with Crippen LogP contribution in [0, 0.1) is 0 Å². The predicted molar refractivity (Wildman–Crippen MR) is 128 cm³/mol. The molecular weight excluding hydrogens is 488 g/mol. The van der Waals surface area contributed by atoms with Crippen molar-refractivity contribution in [1.29, 1.82) is 0 Å². The third-order valence-corrected chi connectivity index (χ3v) is 5.17. The van der Waals surface area contributed by atoms with Crippen LogP contribution in [0.3, 0.4) is 0 Å². The van der Waals surface area contributed by atoms with E-state index in [9.17, 15) is 29.1 Å². The average Bonchev–Trinajstić information content (AvgIpc) is 2.88. The molecule has 0 aliphatic carbocycles.